The fourth-order valence-corrected chi connectivity index (χ4v) is 1.92. The van der Waals surface area contributed by atoms with E-state index in [2.05, 4.69) is 10.6 Å². The summed E-state index contributed by atoms with van der Waals surface area (Å²) in [5.41, 5.74) is 0.552. The van der Waals surface area contributed by atoms with Crippen molar-refractivity contribution in [2.45, 2.75) is 19.8 Å². The quantitative estimate of drug-likeness (QED) is 0.722. The Morgan fingerprint density at radius 3 is 2.71 bits per heavy atom. The van der Waals surface area contributed by atoms with Gasteiger partial charge < -0.3 is 20.5 Å². The summed E-state index contributed by atoms with van der Waals surface area (Å²) in [7, 11) is 1.51. The van der Waals surface area contributed by atoms with Gasteiger partial charge in [0.05, 0.1) is 12.1 Å². The molecule has 0 aliphatic carbocycles. The van der Waals surface area contributed by atoms with Gasteiger partial charge in [0, 0.05) is 18.7 Å². The van der Waals surface area contributed by atoms with Crippen LogP contribution in [0.25, 0.3) is 0 Å². The Hall–Kier alpha value is -1.95. The molecule has 0 radical (unpaired) electrons. The van der Waals surface area contributed by atoms with Crippen molar-refractivity contribution in [1.82, 2.24) is 5.32 Å². The van der Waals surface area contributed by atoms with Gasteiger partial charge in [0.1, 0.15) is 5.75 Å². The van der Waals surface area contributed by atoms with Crippen molar-refractivity contribution in [3.63, 3.8) is 0 Å². The van der Waals surface area contributed by atoms with E-state index in [4.69, 9.17) is 21.4 Å². The zero-order valence-corrected chi connectivity index (χ0v) is 12.7. The summed E-state index contributed by atoms with van der Waals surface area (Å²) in [5.74, 6) is -0.213. The molecule has 0 saturated heterocycles. The number of benzene rings is 1. The number of aliphatic carboxylic acids is 1. The largest absolute Gasteiger partial charge is 0.495 e. The van der Waals surface area contributed by atoms with E-state index in [-0.39, 0.29) is 18.4 Å². The van der Waals surface area contributed by atoms with E-state index in [1.54, 1.807) is 18.2 Å². The highest BCUT2D eigenvalue weighted by molar-refractivity contribution is 6.32. The van der Waals surface area contributed by atoms with E-state index < -0.39 is 5.97 Å². The smallest absolute Gasteiger partial charge is 0.319 e. The molecule has 1 rings (SSSR count). The van der Waals surface area contributed by atoms with Gasteiger partial charge in [-0.1, -0.05) is 18.5 Å². The van der Waals surface area contributed by atoms with Gasteiger partial charge in [-0.15, -0.1) is 0 Å². The third-order valence-electron chi connectivity index (χ3n) is 2.87. The number of nitrogens with one attached hydrogen (secondary N) is 2. The number of urea groups is 1. The standard InChI is InChI=1S/C14H19ClN2O4/c1-9(3-6-13(18)19)8-16-14(20)17-10-4-5-12(21-2)11(15)7-10/h4-5,7,9H,3,6,8H2,1-2H3,(H,18,19)(H2,16,17,20). The van der Waals surface area contributed by atoms with Crippen molar-refractivity contribution in [3.05, 3.63) is 23.2 Å². The summed E-state index contributed by atoms with van der Waals surface area (Å²) in [5, 5.41) is 14.3. The van der Waals surface area contributed by atoms with Crippen molar-refractivity contribution in [1.29, 1.82) is 0 Å². The molecular weight excluding hydrogens is 296 g/mol. The Kier molecular flexibility index (Phi) is 6.81. The number of carbonyl (C=O) groups is 2. The highest BCUT2D eigenvalue weighted by Crippen LogP contribution is 2.27. The molecule has 0 heterocycles. The molecule has 0 aliphatic rings. The van der Waals surface area contributed by atoms with Gasteiger partial charge in [-0.3, -0.25) is 4.79 Å². The van der Waals surface area contributed by atoms with E-state index in [0.29, 0.717) is 29.4 Å². The van der Waals surface area contributed by atoms with E-state index >= 15 is 0 Å². The van der Waals surface area contributed by atoms with Crippen LogP contribution in [0.3, 0.4) is 0 Å². The second-order valence-corrected chi connectivity index (χ2v) is 5.13. The van der Waals surface area contributed by atoms with Crippen LogP contribution in [0.4, 0.5) is 10.5 Å². The Bertz CT molecular complexity index is 508. The van der Waals surface area contributed by atoms with Gasteiger partial charge in [0.2, 0.25) is 0 Å². The van der Waals surface area contributed by atoms with Crippen LogP contribution in [0.1, 0.15) is 19.8 Å². The second-order valence-electron chi connectivity index (χ2n) is 4.72. The fourth-order valence-electron chi connectivity index (χ4n) is 1.66. The number of carboxylic acids is 1. The lowest BCUT2D eigenvalue weighted by Gasteiger charge is -2.13. The number of amides is 2. The summed E-state index contributed by atoms with van der Waals surface area (Å²) in [6.45, 7) is 2.29. The van der Waals surface area contributed by atoms with Crippen LogP contribution in [-0.2, 0) is 4.79 Å². The predicted molar refractivity (Wildman–Crippen MR) is 81.1 cm³/mol. The van der Waals surface area contributed by atoms with Crippen molar-refractivity contribution in [2.24, 2.45) is 5.92 Å². The first-order valence-corrected chi connectivity index (χ1v) is 6.90. The Morgan fingerprint density at radius 2 is 2.14 bits per heavy atom. The molecule has 1 atom stereocenters. The normalized spacial score (nSPS) is 11.6. The number of halogens is 1. The number of rotatable bonds is 7. The lowest BCUT2D eigenvalue weighted by Crippen LogP contribution is -2.32. The molecule has 0 bridgehead atoms. The molecule has 0 fully saturated rings. The van der Waals surface area contributed by atoms with Crippen LogP contribution >= 0.6 is 11.6 Å². The Balaban J connectivity index is 2.40. The summed E-state index contributed by atoms with van der Waals surface area (Å²) >= 11 is 5.96. The van der Waals surface area contributed by atoms with Crippen LogP contribution in [0, 0.1) is 5.92 Å². The predicted octanol–water partition coefficient (Wildman–Crippen LogP) is 2.97. The van der Waals surface area contributed by atoms with E-state index in [9.17, 15) is 9.59 Å². The molecule has 116 valence electrons. The van der Waals surface area contributed by atoms with Gasteiger partial charge in [-0.2, -0.15) is 0 Å². The van der Waals surface area contributed by atoms with Crippen LogP contribution in [0.2, 0.25) is 5.02 Å². The Morgan fingerprint density at radius 1 is 1.43 bits per heavy atom. The topological polar surface area (TPSA) is 87.7 Å². The number of hydrogen-bond donors (Lipinski definition) is 3. The SMILES string of the molecule is COc1ccc(NC(=O)NCC(C)CCC(=O)O)cc1Cl. The molecule has 0 saturated carbocycles. The maximum atomic E-state index is 11.7. The molecule has 1 aromatic rings. The zero-order chi connectivity index (χ0) is 15.8. The fraction of sp³-hybridized carbons (Fsp3) is 0.429. The Labute approximate surface area is 128 Å². The van der Waals surface area contributed by atoms with E-state index in [1.807, 2.05) is 6.92 Å². The molecule has 0 aromatic heterocycles. The van der Waals surface area contributed by atoms with Gasteiger partial charge in [-0.25, -0.2) is 4.79 Å². The van der Waals surface area contributed by atoms with Crippen LogP contribution < -0.4 is 15.4 Å². The summed E-state index contributed by atoms with van der Waals surface area (Å²) in [6, 6.07) is 4.57. The number of carboxylic acid groups (broad SMARTS) is 1. The molecule has 0 aliphatic heterocycles. The lowest BCUT2D eigenvalue weighted by atomic mass is 10.1. The van der Waals surface area contributed by atoms with Crippen molar-refractivity contribution in [2.75, 3.05) is 19.0 Å². The van der Waals surface area contributed by atoms with Crippen LogP contribution in [-0.4, -0.2) is 30.8 Å². The molecular formula is C14H19ClN2O4. The number of anilines is 1. The monoisotopic (exact) mass is 314 g/mol. The lowest BCUT2D eigenvalue weighted by molar-refractivity contribution is -0.137. The number of ether oxygens (including phenoxy) is 1. The van der Waals surface area contributed by atoms with E-state index in [1.165, 1.54) is 7.11 Å². The summed E-state index contributed by atoms with van der Waals surface area (Å²) < 4.78 is 5.02. The first kappa shape index (κ1) is 17.1. The van der Waals surface area contributed by atoms with Crippen LogP contribution in [0.15, 0.2) is 18.2 Å². The van der Waals surface area contributed by atoms with Crippen LogP contribution in [0.5, 0.6) is 5.75 Å². The molecule has 6 nitrogen and oxygen atoms in total. The van der Waals surface area contributed by atoms with E-state index in [0.717, 1.165) is 0 Å². The average molecular weight is 315 g/mol. The highest BCUT2D eigenvalue weighted by Gasteiger charge is 2.09. The number of methoxy groups -OCH3 is 1. The molecule has 2 amide bonds. The molecule has 7 heteroatoms. The first-order valence-electron chi connectivity index (χ1n) is 6.52. The van der Waals surface area contributed by atoms with Gasteiger partial charge in [0.25, 0.3) is 0 Å². The van der Waals surface area contributed by atoms with Gasteiger partial charge >= 0.3 is 12.0 Å². The minimum atomic E-state index is -0.834. The molecule has 0 spiro atoms. The highest BCUT2D eigenvalue weighted by atomic mass is 35.5. The maximum Gasteiger partial charge on any atom is 0.319 e. The number of hydrogen-bond acceptors (Lipinski definition) is 3. The minimum absolute atomic E-state index is 0.0892. The first-order chi connectivity index (χ1) is 9.92. The van der Waals surface area contributed by atoms with Crippen molar-refractivity contribution in [3.8, 4) is 5.75 Å². The average Bonchev–Trinajstić information content (AvgIpc) is 2.43. The second kappa shape index (κ2) is 8.36. The minimum Gasteiger partial charge on any atom is -0.495 e. The third-order valence-corrected chi connectivity index (χ3v) is 3.17. The van der Waals surface area contributed by atoms with Crippen molar-refractivity contribution >= 4 is 29.3 Å². The molecule has 1 aromatic carbocycles. The van der Waals surface area contributed by atoms with Gasteiger partial charge in [-0.05, 0) is 30.5 Å². The summed E-state index contributed by atoms with van der Waals surface area (Å²) in [4.78, 5) is 22.2. The summed E-state index contributed by atoms with van der Waals surface area (Å²) in [6.07, 6.45) is 0.614. The van der Waals surface area contributed by atoms with Gasteiger partial charge in [0.15, 0.2) is 0 Å². The molecule has 1 unspecified atom stereocenters. The molecule has 3 N–H and O–H groups in total. The maximum absolute atomic E-state index is 11.7. The number of carbonyl (C=O) groups excluding carboxylic acids is 1. The molecule has 21 heavy (non-hydrogen) atoms. The zero-order valence-electron chi connectivity index (χ0n) is 12.0. The van der Waals surface area contributed by atoms with Crippen molar-refractivity contribution < 1.29 is 19.4 Å². The third kappa shape index (κ3) is 6.35.